The average Bonchev–Trinajstić information content (AvgIpc) is 3.16. The Morgan fingerprint density at radius 2 is 1.62 bits per heavy atom. The van der Waals surface area contributed by atoms with Gasteiger partial charge >= 0.3 is 5.97 Å². The standard InChI is InChI=1S/C19H16N2O4S/c1-24-15-9-7-12(8-10-15)17(22)21-16-11-20-18(26-16)13-3-5-14(6-4-13)19(23)25-2/h3-11H,1-2H3,(H,21,22). The lowest BCUT2D eigenvalue weighted by Crippen LogP contribution is -2.10. The van der Waals surface area contributed by atoms with Gasteiger partial charge < -0.3 is 14.8 Å². The highest BCUT2D eigenvalue weighted by Crippen LogP contribution is 2.29. The van der Waals surface area contributed by atoms with E-state index < -0.39 is 0 Å². The van der Waals surface area contributed by atoms with Crippen LogP contribution in [0, 0.1) is 0 Å². The van der Waals surface area contributed by atoms with Gasteiger partial charge in [0, 0.05) is 11.1 Å². The maximum atomic E-state index is 12.3. The van der Waals surface area contributed by atoms with E-state index in [1.54, 1.807) is 61.8 Å². The van der Waals surface area contributed by atoms with E-state index in [-0.39, 0.29) is 11.9 Å². The van der Waals surface area contributed by atoms with E-state index in [4.69, 9.17) is 4.74 Å². The number of nitrogens with zero attached hydrogens (tertiary/aromatic N) is 1. The van der Waals surface area contributed by atoms with Crippen LogP contribution >= 0.6 is 11.3 Å². The topological polar surface area (TPSA) is 77.5 Å². The number of methoxy groups -OCH3 is 2. The summed E-state index contributed by atoms with van der Waals surface area (Å²) in [4.78, 5) is 28.1. The molecule has 1 amide bonds. The number of anilines is 1. The second kappa shape index (κ2) is 7.79. The number of hydrogen-bond donors (Lipinski definition) is 1. The van der Waals surface area contributed by atoms with Gasteiger partial charge in [0.1, 0.15) is 15.8 Å². The normalized spacial score (nSPS) is 10.2. The fourth-order valence-electron chi connectivity index (χ4n) is 2.26. The number of ether oxygens (including phenoxy) is 2. The number of nitrogens with one attached hydrogen (secondary N) is 1. The number of thiazole rings is 1. The molecular formula is C19H16N2O4S. The molecule has 0 atom stereocenters. The van der Waals surface area contributed by atoms with E-state index in [2.05, 4.69) is 15.0 Å². The van der Waals surface area contributed by atoms with Gasteiger partial charge in [0.15, 0.2) is 0 Å². The molecule has 0 saturated heterocycles. The summed E-state index contributed by atoms with van der Waals surface area (Å²) in [5.74, 6) is 0.0871. The van der Waals surface area contributed by atoms with Crippen LogP contribution in [-0.4, -0.2) is 31.1 Å². The predicted octanol–water partition coefficient (Wildman–Crippen LogP) is 3.86. The van der Waals surface area contributed by atoms with Gasteiger partial charge in [-0.05, 0) is 36.4 Å². The molecule has 0 radical (unpaired) electrons. The van der Waals surface area contributed by atoms with Crippen LogP contribution in [0.2, 0.25) is 0 Å². The molecule has 6 nitrogen and oxygen atoms in total. The van der Waals surface area contributed by atoms with Crippen LogP contribution < -0.4 is 10.1 Å². The number of aromatic nitrogens is 1. The Balaban J connectivity index is 1.71. The number of carbonyl (C=O) groups is 2. The van der Waals surface area contributed by atoms with E-state index in [9.17, 15) is 9.59 Å². The van der Waals surface area contributed by atoms with Crippen molar-refractivity contribution in [3.8, 4) is 16.3 Å². The molecule has 1 aromatic heterocycles. The van der Waals surface area contributed by atoms with Crippen LogP contribution in [0.25, 0.3) is 10.6 Å². The zero-order valence-corrected chi connectivity index (χ0v) is 15.0. The van der Waals surface area contributed by atoms with Crippen molar-refractivity contribution in [3.63, 3.8) is 0 Å². The molecule has 0 unspecified atom stereocenters. The number of amides is 1. The lowest BCUT2D eigenvalue weighted by molar-refractivity contribution is 0.0600. The molecule has 3 rings (SSSR count). The maximum absolute atomic E-state index is 12.3. The monoisotopic (exact) mass is 368 g/mol. The first-order valence-electron chi connectivity index (χ1n) is 7.70. The Morgan fingerprint density at radius 3 is 2.23 bits per heavy atom. The van der Waals surface area contributed by atoms with E-state index in [0.29, 0.717) is 21.9 Å². The minimum absolute atomic E-state index is 0.219. The van der Waals surface area contributed by atoms with Gasteiger partial charge in [-0.1, -0.05) is 23.5 Å². The third-order valence-electron chi connectivity index (χ3n) is 3.65. The van der Waals surface area contributed by atoms with Crippen LogP contribution in [0.5, 0.6) is 5.75 Å². The van der Waals surface area contributed by atoms with Crippen molar-refractivity contribution in [3.05, 3.63) is 65.9 Å². The number of rotatable bonds is 5. The molecule has 0 aliphatic heterocycles. The molecule has 2 aromatic carbocycles. The van der Waals surface area contributed by atoms with Gasteiger partial charge in [0.2, 0.25) is 0 Å². The van der Waals surface area contributed by atoms with Gasteiger partial charge in [-0.2, -0.15) is 0 Å². The number of hydrogen-bond acceptors (Lipinski definition) is 6. The summed E-state index contributed by atoms with van der Waals surface area (Å²) in [5.41, 5.74) is 1.86. The Bertz CT molecular complexity index is 917. The molecule has 0 aliphatic rings. The summed E-state index contributed by atoms with van der Waals surface area (Å²) in [6.45, 7) is 0. The average molecular weight is 368 g/mol. The molecule has 0 spiro atoms. The summed E-state index contributed by atoms with van der Waals surface area (Å²) >= 11 is 1.35. The Labute approximate surface area is 154 Å². The molecule has 1 N–H and O–H groups in total. The van der Waals surface area contributed by atoms with Crippen molar-refractivity contribution in [2.75, 3.05) is 19.5 Å². The second-order valence-corrected chi connectivity index (χ2v) is 6.31. The van der Waals surface area contributed by atoms with Gasteiger partial charge in [-0.3, -0.25) is 4.79 Å². The zero-order valence-electron chi connectivity index (χ0n) is 14.2. The highest BCUT2D eigenvalue weighted by molar-refractivity contribution is 7.19. The van der Waals surface area contributed by atoms with Crippen LogP contribution in [0.4, 0.5) is 5.00 Å². The molecule has 3 aromatic rings. The second-order valence-electron chi connectivity index (χ2n) is 5.28. The van der Waals surface area contributed by atoms with Crippen molar-refractivity contribution in [1.29, 1.82) is 0 Å². The van der Waals surface area contributed by atoms with Crippen molar-refractivity contribution >= 4 is 28.2 Å². The number of carbonyl (C=O) groups excluding carboxylic acids is 2. The van der Waals surface area contributed by atoms with Crippen LogP contribution in [0.3, 0.4) is 0 Å². The van der Waals surface area contributed by atoms with Gasteiger partial charge in [-0.25, -0.2) is 9.78 Å². The Morgan fingerprint density at radius 1 is 0.962 bits per heavy atom. The first kappa shape index (κ1) is 17.6. The van der Waals surface area contributed by atoms with Crippen molar-refractivity contribution in [2.24, 2.45) is 0 Å². The number of esters is 1. The molecule has 0 bridgehead atoms. The fourth-order valence-corrected chi connectivity index (χ4v) is 3.08. The maximum Gasteiger partial charge on any atom is 0.337 e. The smallest absolute Gasteiger partial charge is 0.337 e. The minimum Gasteiger partial charge on any atom is -0.497 e. The van der Waals surface area contributed by atoms with Crippen molar-refractivity contribution in [2.45, 2.75) is 0 Å². The summed E-state index contributed by atoms with van der Waals surface area (Å²) in [7, 11) is 2.92. The first-order chi connectivity index (χ1) is 12.6. The summed E-state index contributed by atoms with van der Waals surface area (Å²) in [5, 5.41) is 4.21. The molecule has 132 valence electrons. The SMILES string of the molecule is COC(=O)c1ccc(-c2ncc(NC(=O)c3ccc(OC)cc3)s2)cc1. The van der Waals surface area contributed by atoms with E-state index in [1.165, 1.54) is 18.4 Å². The van der Waals surface area contributed by atoms with Crippen molar-refractivity contribution < 1.29 is 19.1 Å². The molecule has 0 fully saturated rings. The molecule has 1 heterocycles. The predicted molar refractivity (Wildman–Crippen MR) is 99.8 cm³/mol. The van der Waals surface area contributed by atoms with Crippen LogP contribution in [-0.2, 0) is 4.74 Å². The molecule has 26 heavy (non-hydrogen) atoms. The number of benzene rings is 2. The molecule has 7 heteroatoms. The van der Waals surface area contributed by atoms with Crippen molar-refractivity contribution in [1.82, 2.24) is 4.98 Å². The largest absolute Gasteiger partial charge is 0.497 e. The Hall–Kier alpha value is -3.19. The minimum atomic E-state index is -0.386. The summed E-state index contributed by atoms with van der Waals surface area (Å²) in [6.07, 6.45) is 1.61. The molecule has 0 aliphatic carbocycles. The lowest BCUT2D eigenvalue weighted by atomic mass is 10.1. The highest BCUT2D eigenvalue weighted by Gasteiger charge is 2.11. The van der Waals surface area contributed by atoms with Crippen LogP contribution in [0.15, 0.2) is 54.7 Å². The first-order valence-corrected chi connectivity index (χ1v) is 8.52. The van der Waals surface area contributed by atoms with E-state index >= 15 is 0 Å². The van der Waals surface area contributed by atoms with Gasteiger partial charge in [0.05, 0.1) is 26.0 Å². The molecular weight excluding hydrogens is 352 g/mol. The summed E-state index contributed by atoms with van der Waals surface area (Å²) in [6, 6.07) is 13.8. The fraction of sp³-hybridized carbons (Fsp3) is 0.105. The highest BCUT2D eigenvalue weighted by atomic mass is 32.1. The third-order valence-corrected chi connectivity index (χ3v) is 4.61. The van der Waals surface area contributed by atoms with E-state index in [0.717, 1.165) is 10.6 Å². The van der Waals surface area contributed by atoms with Gasteiger partial charge in [-0.15, -0.1) is 0 Å². The zero-order chi connectivity index (χ0) is 18.5. The quantitative estimate of drug-likeness (QED) is 0.692. The molecule has 0 saturated carbocycles. The van der Waals surface area contributed by atoms with Gasteiger partial charge in [0.25, 0.3) is 5.91 Å². The summed E-state index contributed by atoms with van der Waals surface area (Å²) < 4.78 is 9.76. The Kier molecular flexibility index (Phi) is 5.28. The van der Waals surface area contributed by atoms with Crippen LogP contribution in [0.1, 0.15) is 20.7 Å². The third kappa shape index (κ3) is 3.89. The lowest BCUT2D eigenvalue weighted by Gasteiger charge is -2.03. The van der Waals surface area contributed by atoms with E-state index in [1.807, 2.05) is 0 Å².